The number of hydrogen-bond acceptors (Lipinski definition) is 3. The van der Waals surface area contributed by atoms with E-state index in [1.54, 1.807) is 0 Å². The molecule has 0 fully saturated rings. The van der Waals surface area contributed by atoms with Crippen molar-refractivity contribution in [1.29, 1.82) is 0 Å². The molecule has 0 aliphatic rings. The van der Waals surface area contributed by atoms with E-state index in [-0.39, 0.29) is 0 Å². The van der Waals surface area contributed by atoms with Crippen molar-refractivity contribution in [3.8, 4) is 17.2 Å². The van der Waals surface area contributed by atoms with Crippen LogP contribution in [0.3, 0.4) is 0 Å². The van der Waals surface area contributed by atoms with E-state index in [1.165, 1.54) is 0 Å². The van der Waals surface area contributed by atoms with E-state index in [9.17, 15) is 0 Å². The standard InChI is InChI=1S/C16H18BrNO2/c1-4-19-13-6-5-7-14(16(13)18)20-12-8-10(2)15(17)11(3)9-12/h5-9H,4,18H2,1-3H3. The van der Waals surface area contributed by atoms with Gasteiger partial charge in [-0.2, -0.15) is 0 Å². The van der Waals surface area contributed by atoms with Crippen molar-refractivity contribution in [2.75, 3.05) is 12.3 Å². The molecule has 0 amide bonds. The third kappa shape index (κ3) is 3.07. The van der Waals surface area contributed by atoms with Gasteiger partial charge in [0.05, 0.1) is 6.61 Å². The van der Waals surface area contributed by atoms with E-state index in [0.717, 1.165) is 21.3 Å². The molecular formula is C16H18BrNO2. The van der Waals surface area contributed by atoms with Gasteiger partial charge in [-0.25, -0.2) is 0 Å². The predicted molar refractivity (Wildman–Crippen MR) is 85.7 cm³/mol. The second-order valence-electron chi connectivity index (χ2n) is 4.57. The van der Waals surface area contributed by atoms with Crippen LogP contribution in [0.4, 0.5) is 5.69 Å². The molecular weight excluding hydrogens is 318 g/mol. The lowest BCUT2D eigenvalue weighted by molar-refractivity contribution is 0.340. The fourth-order valence-corrected chi connectivity index (χ4v) is 2.22. The fraction of sp³-hybridized carbons (Fsp3) is 0.250. The summed E-state index contributed by atoms with van der Waals surface area (Å²) in [6.45, 7) is 6.56. The number of hydrogen-bond donors (Lipinski definition) is 1. The zero-order chi connectivity index (χ0) is 14.7. The molecule has 0 saturated heterocycles. The molecule has 20 heavy (non-hydrogen) atoms. The van der Waals surface area contributed by atoms with Crippen molar-refractivity contribution in [1.82, 2.24) is 0 Å². The number of ether oxygens (including phenoxy) is 2. The van der Waals surface area contributed by atoms with Gasteiger partial charge in [-0.05, 0) is 56.2 Å². The predicted octanol–water partition coefficient (Wildman–Crippen LogP) is 4.84. The Morgan fingerprint density at radius 3 is 2.30 bits per heavy atom. The van der Waals surface area contributed by atoms with E-state index < -0.39 is 0 Å². The lowest BCUT2D eigenvalue weighted by atomic mass is 10.1. The minimum absolute atomic E-state index is 0.521. The van der Waals surface area contributed by atoms with Crippen molar-refractivity contribution >= 4 is 21.6 Å². The summed E-state index contributed by atoms with van der Waals surface area (Å²) in [6, 6.07) is 9.50. The molecule has 106 valence electrons. The Morgan fingerprint density at radius 1 is 1.10 bits per heavy atom. The van der Waals surface area contributed by atoms with E-state index in [4.69, 9.17) is 15.2 Å². The van der Waals surface area contributed by atoms with Gasteiger partial charge in [0.2, 0.25) is 0 Å². The van der Waals surface area contributed by atoms with Gasteiger partial charge in [0.25, 0.3) is 0 Å². The SMILES string of the molecule is CCOc1cccc(Oc2cc(C)c(Br)c(C)c2)c1N. The molecule has 0 aromatic heterocycles. The summed E-state index contributed by atoms with van der Waals surface area (Å²) < 4.78 is 12.5. The molecule has 0 bridgehead atoms. The van der Waals surface area contributed by atoms with Crippen molar-refractivity contribution in [3.63, 3.8) is 0 Å². The van der Waals surface area contributed by atoms with E-state index in [0.29, 0.717) is 23.8 Å². The number of aryl methyl sites for hydroxylation is 2. The lowest BCUT2D eigenvalue weighted by Gasteiger charge is -2.13. The van der Waals surface area contributed by atoms with Gasteiger partial charge in [-0.15, -0.1) is 0 Å². The number of rotatable bonds is 4. The summed E-state index contributed by atoms with van der Waals surface area (Å²) in [7, 11) is 0. The molecule has 0 spiro atoms. The molecule has 3 nitrogen and oxygen atoms in total. The Balaban J connectivity index is 2.33. The Bertz CT molecular complexity index is 603. The van der Waals surface area contributed by atoms with Crippen LogP contribution in [-0.4, -0.2) is 6.61 Å². The van der Waals surface area contributed by atoms with Crippen LogP contribution in [0.15, 0.2) is 34.8 Å². The number of benzene rings is 2. The van der Waals surface area contributed by atoms with Gasteiger partial charge >= 0.3 is 0 Å². The Kier molecular flexibility index (Phi) is 4.55. The maximum absolute atomic E-state index is 6.06. The molecule has 2 aromatic carbocycles. The van der Waals surface area contributed by atoms with Crippen molar-refractivity contribution in [3.05, 3.63) is 45.9 Å². The van der Waals surface area contributed by atoms with Gasteiger partial charge in [-0.3, -0.25) is 0 Å². The van der Waals surface area contributed by atoms with E-state index in [1.807, 2.05) is 51.1 Å². The normalized spacial score (nSPS) is 10.4. The molecule has 0 aliphatic carbocycles. The van der Waals surface area contributed by atoms with Crippen molar-refractivity contribution in [2.45, 2.75) is 20.8 Å². The van der Waals surface area contributed by atoms with Crippen molar-refractivity contribution < 1.29 is 9.47 Å². The van der Waals surface area contributed by atoms with Gasteiger partial charge in [-0.1, -0.05) is 22.0 Å². The number of para-hydroxylation sites is 1. The number of halogens is 1. The highest BCUT2D eigenvalue weighted by Crippen LogP contribution is 2.36. The van der Waals surface area contributed by atoms with Gasteiger partial charge < -0.3 is 15.2 Å². The van der Waals surface area contributed by atoms with Crippen molar-refractivity contribution in [2.24, 2.45) is 0 Å². The molecule has 2 N–H and O–H groups in total. The molecule has 4 heteroatoms. The first kappa shape index (κ1) is 14.7. The Labute approximate surface area is 127 Å². The second kappa shape index (κ2) is 6.18. The summed E-state index contributed by atoms with van der Waals surface area (Å²) in [5.74, 6) is 2.02. The number of anilines is 1. The lowest BCUT2D eigenvalue weighted by Crippen LogP contribution is -1.99. The highest BCUT2D eigenvalue weighted by atomic mass is 79.9. The first-order valence-electron chi connectivity index (χ1n) is 6.48. The molecule has 2 rings (SSSR count). The Hall–Kier alpha value is -1.68. The van der Waals surface area contributed by atoms with Crippen LogP contribution in [0.1, 0.15) is 18.1 Å². The highest BCUT2D eigenvalue weighted by molar-refractivity contribution is 9.10. The molecule has 0 atom stereocenters. The average Bonchev–Trinajstić information content (AvgIpc) is 2.41. The zero-order valence-corrected chi connectivity index (χ0v) is 13.5. The first-order valence-corrected chi connectivity index (χ1v) is 7.28. The van der Waals surface area contributed by atoms with Crippen LogP contribution in [0.2, 0.25) is 0 Å². The van der Waals surface area contributed by atoms with Crippen LogP contribution in [-0.2, 0) is 0 Å². The summed E-state index contributed by atoms with van der Waals surface area (Å²) in [6.07, 6.45) is 0. The fourth-order valence-electron chi connectivity index (χ4n) is 1.99. The van der Waals surface area contributed by atoms with E-state index >= 15 is 0 Å². The summed E-state index contributed by atoms with van der Waals surface area (Å²) in [4.78, 5) is 0. The summed E-state index contributed by atoms with van der Waals surface area (Å²) in [5, 5.41) is 0. The third-order valence-corrected chi connectivity index (χ3v) is 4.21. The second-order valence-corrected chi connectivity index (χ2v) is 5.37. The molecule has 2 aromatic rings. The van der Waals surface area contributed by atoms with Gasteiger partial charge in [0, 0.05) is 4.47 Å². The molecule has 0 saturated carbocycles. The minimum Gasteiger partial charge on any atom is -0.492 e. The van der Waals surface area contributed by atoms with Crippen LogP contribution in [0, 0.1) is 13.8 Å². The maximum Gasteiger partial charge on any atom is 0.154 e. The molecule has 0 unspecified atom stereocenters. The monoisotopic (exact) mass is 335 g/mol. The van der Waals surface area contributed by atoms with Gasteiger partial charge in [0.1, 0.15) is 17.2 Å². The first-order chi connectivity index (χ1) is 9.52. The number of nitrogen functional groups attached to an aromatic ring is 1. The molecule has 0 aliphatic heterocycles. The maximum atomic E-state index is 6.06. The minimum atomic E-state index is 0.521. The third-order valence-electron chi connectivity index (χ3n) is 2.96. The van der Waals surface area contributed by atoms with Crippen LogP contribution in [0.25, 0.3) is 0 Å². The van der Waals surface area contributed by atoms with Crippen LogP contribution >= 0.6 is 15.9 Å². The Morgan fingerprint density at radius 2 is 1.70 bits per heavy atom. The van der Waals surface area contributed by atoms with Crippen LogP contribution in [0.5, 0.6) is 17.2 Å². The molecule has 0 radical (unpaired) electrons. The topological polar surface area (TPSA) is 44.5 Å². The largest absolute Gasteiger partial charge is 0.492 e. The van der Waals surface area contributed by atoms with Crippen LogP contribution < -0.4 is 15.2 Å². The molecule has 0 heterocycles. The smallest absolute Gasteiger partial charge is 0.154 e. The summed E-state index contributed by atoms with van der Waals surface area (Å²) >= 11 is 3.55. The number of nitrogens with two attached hydrogens (primary N) is 1. The highest BCUT2D eigenvalue weighted by Gasteiger charge is 2.09. The van der Waals surface area contributed by atoms with E-state index in [2.05, 4.69) is 15.9 Å². The zero-order valence-electron chi connectivity index (χ0n) is 11.9. The quantitative estimate of drug-likeness (QED) is 0.813. The average molecular weight is 336 g/mol. The van der Waals surface area contributed by atoms with Gasteiger partial charge in [0.15, 0.2) is 5.75 Å². The summed E-state index contributed by atoms with van der Waals surface area (Å²) in [5.41, 5.74) is 8.83.